The molecule has 1 aliphatic carbocycles. The van der Waals surface area contributed by atoms with Crippen molar-refractivity contribution in [2.45, 2.75) is 64.0 Å². The molecule has 3 heteroatoms. The molecule has 1 N–H and O–H groups in total. The molecular weight excluding hydrogens is 262 g/mol. The minimum Gasteiger partial charge on any atom is -0.480 e. The average Bonchev–Trinajstić information content (AvgIpc) is 2.88. The molecule has 0 spiro atoms. The first-order chi connectivity index (χ1) is 10.2. The Morgan fingerprint density at radius 3 is 2.71 bits per heavy atom. The Morgan fingerprint density at radius 1 is 1.24 bits per heavy atom. The fourth-order valence-electron chi connectivity index (χ4n) is 3.99. The second kappa shape index (κ2) is 6.18. The highest BCUT2D eigenvalue weighted by atomic mass is 16.4. The number of benzene rings is 1. The van der Waals surface area contributed by atoms with Gasteiger partial charge in [0.15, 0.2) is 0 Å². The van der Waals surface area contributed by atoms with Crippen LogP contribution in [0.2, 0.25) is 0 Å². The summed E-state index contributed by atoms with van der Waals surface area (Å²) in [4.78, 5) is 13.7. The average molecular weight is 287 g/mol. The van der Waals surface area contributed by atoms with Gasteiger partial charge in [0.25, 0.3) is 0 Å². The van der Waals surface area contributed by atoms with E-state index in [1.807, 2.05) is 0 Å². The summed E-state index contributed by atoms with van der Waals surface area (Å²) in [6.07, 6.45) is 7.32. The van der Waals surface area contributed by atoms with Crippen molar-refractivity contribution in [1.29, 1.82) is 0 Å². The van der Waals surface area contributed by atoms with Crippen molar-refractivity contribution >= 4 is 5.97 Å². The van der Waals surface area contributed by atoms with E-state index in [1.54, 1.807) is 0 Å². The van der Waals surface area contributed by atoms with Gasteiger partial charge in [0.05, 0.1) is 0 Å². The number of aliphatic carboxylic acids is 1. The zero-order chi connectivity index (χ0) is 14.8. The van der Waals surface area contributed by atoms with Crippen LogP contribution in [0.5, 0.6) is 0 Å². The van der Waals surface area contributed by atoms with Gasteiger partial charge in [-0.05, 0) is 68.2 Å². The Bertz CT molecular complexity index is 526. The Hall–Kier alpha value is -1.35. The van der Waals surface area contributed by atoms with E-state index in [1.165, 1.54) is 16.7 Å². The molecule has 3 nitrogen and oxygen atoms in total. The number of nitrogens with zero attached hydrogens (tertiary/aromatic N) is 1. The number of hydrogen-bond acceptors (Lipinski definition) is 2. The smallest absolute Gasteiger partial charge is 0.320 e. The number of rotatable bonds is 3. The van der Waals surface area contributed by atoms with Crippen LogP contribution >= 0.6 is 0 Å². The third-order valence-corrected chi connectivity index (χ3v) is 5.22. The van der Waals surface area contributed by atoms with Crippen LogP contribution in [0.25, 0.3) is 0 Å². The molecule has 1 aromatic rings. The maximum absolute atomic E-state index is 11.4. The highest BCUT2D eigenvalue weighted by Crippen LogP contribution is 2.29. The van der Waals surface area contributed by atoms with Crippen LogP contribution < -0.4 is 0 Å². The van der Waals surface area contributed by atoms with Gasteiger partial charge in [0.2, 0.25) is 0 Å². The van der Waals surface area contributed by atoms with Crippen molar-refractivity contribution in [2.75, 3.05) is 6.54 Å². The zero-order valence-electron chi connectivity index (χ0n) is 12.8. The maximum Gasteiger partial charge on any atom is 0.320 e. The van der Waals surface area contributed by atoms with Crippen molar-refractivity contribution < 1.29 is 9.90 Å². The molecule has 1 aliphatic heterocycles. The lowest BCUT2D eigenvalue weighted by molar-refractivity contribution is -0.143. The number of aryl methyl sites for hydroxylation is 3. The fraction of sp³-hybridized carbons (Fsp3) is 0.611. The standard InChI is InChI=1S/C18H25NO2/c1-2-13-5-6-14-7-9-16(10-8-15(14)12-13)19-11-3-4-17(19)18(20)21/h5-6,12,16-17H,2-4,7-11H2,1H3,(H,20,21)/t16?,17-/m0/s1. The van der Waals surface area contributed by atoms with Crippen LogP contribution in [-0.2, 0) is 24.1 Å². The van der Waals surface area contributed by atoms with E-state index < -0.39 is 5.97 Å². The quantitative estimate of drug-likeness (QED) is 0.869. The summed E-state index contributed by atoms with van der Waals surface area (Å²) < 4.78 is 0. The van der Waals surface area contributed by atoms with Crippen LogP contribution in [-0.4, -0.2) is 34.6 Å². The molecule has 2 atom stereocenters. The first-order valence-electron chi connectivity index (χ1n) is 8.28. The van der Waals surface area contributed by atoms with Crippen molar-refractivity contribution in [3.8, 4) is 0 Å². The molecule has 1 unspecified atom stereocenters. The van der Waals surface area contributed by atoms with Crippen molar-refractivity contribution in [1.82, 2.24) is 4.90 Å². The van der Waals surface area contributed by atoms with Gasteiger partial charge >= 0.3 is 5.97 Å². The molecule has 3 rings (SSSR count). The summed E-state index contributed by atoms with van der Waals surface area (Å²) in [5, 5.41) is 9.38. The van der Waals surface area contributed by atoms with Gasteiger partial charge in [-0.1, -0.05) is 25.1 Å². The normalized spacial score (nSPS) is 26.3. The first kappa shape index (κ1) is 14.6. The van der Waals surface area contributed by atoms with Gasteiger partial charge in [-0.25, -0.2) is 0 Å². The number of carbonyl (C=O) groups is 1. The van der Waals surface area contributed by atoms with Gasteiger partial charge in [-0.3, -0.25) is 9.69 Å². The number of hydrogen-bond donors (Lipinski definition) is 1. The number of carboxylic acids is 1. The van der Waals surface area contributed by atoms with E-state index in [0.717, 1.165) is 51.5 Å². The minimum absolute atomic E-state index is 0.248. The van der Waals surface area contributed by atoms with E-state index in [0.29, 0.717) is 6.04 Å². The SMILES string of the molecule is CCc1ccc2c(c1)CCC(N1CCC[C@H]1C(=O)O)CC2. The minimum atomic E-state index is -0.637. The number of carboxylic acid groups (broad SMARTS) is 1. The molecule has 2 aliphatic rings. The lowest BCUT2D eigenvalue weighted by atomic mass is 9.99. The Morgan fingerprint density at radius 2 is 2.00 bits per heavy atom. The first-order valence-corrected chi connectivity index (χ1v) is 8.28. The summed E-state index contributed by atoms with van der Waals surface area (Å²) >= 11 is 0. The van der Waals surface area contributed by atoms with E-state index >= 15 is 0 Å². The van der Waals surface area contributed by atoms with Crippen LogP contribution in [0.15, 0.2) is 18.2 Å². The van der Waals surface area contributed by atoms with Crippen molar-refractivity contribution in [3.63, 3.8) is 0 Å². The second-order valence-corrected chi connectivity index (χ2v) is 6.42. The van der Waals surface area contributed by atoms with E-state index in [-0.39, 0.29) is 6.04 Å². The Balaban J connectivity index is 1.74. The lowest BCUT2D eigenvalue weighted by Crippen LogP contribution is -2.43. The van der Waals surface area contributed by atoms with Crippen molar-refractivity contribution in [3.05, 3.63) is 34.9 Å². The van der Waals surface area contributed by atoms with Crippen LogP contribution in [0, 0.1) is 0 Å². The summed E-state index contributed by atoms with van der Waals surface area (Å²) in [5.41, 5.74) is 4.38. The molecule has 1 saturated heterocycles. The molecule has 1 heterocycles. The third kappa shape index (κ3) is 2.98. The van der Waals surface area contributed by atoms with Crippen molar-refractivity contribution in [2.24, 2.45) is 0 Å². The highest BCUT2D eigenvalue weighted by Gasteiger charge is 2.35. The topological polar surface area (TPSA) is 40.5 Å². The molecule has 0 saturated carbocycles. The molecule has 0 amide bonds. The van der Waals surface area contributed by atoms with Crippen LogP contribution in [0.3, 0.4) is 0 Å². The summed E-state index contributed by atoms with van der Waals surface area (Å²) in [5.74, 6) is -0.637. The fourth-order valence-corrected chi connectivity index (χ4v) is 3.99. The Kier molecular flexibility index (Phi) is 4.29. The van der Waals surface area contributed by atoms with Gasteiger partial charge in [0.1, 0.15) is 6.04 Å². The van der Waals surface area contributed by atoms with Gasteiger partial charge in [0, 0.05) is 6.04 Å². The van der Waals surface area contributed by atoms with Gasteiger partial charge < -0.3 is 5.11 Å². The highest BCUT2D eigenvalue weighted by molar-refractivity contribution is 5.73. The summed E-state index contributed by atoms with van der Waals surface area (Å²) in [6, 6.07) is 7.08. The van der Waals surface area contributed by atoms with Gasteiger partial charge in [-0.15, -0.1) is 0 Å². The molecule has 0 aromatic heterocycles. The molecule has 1 aromatic carbocycles. The molecule has 0 radical (unpaired) electrons. The number of likely N-dealkylation sites (tertiary alicyclic amines) is 1. The lowest BCUT2D eigenvalue weighted by Gasteiger charge is -2.30. The summed E-state index contributed by atoms with van der Waals surface area (Å²) in [6.45, 7) is 3.15. The van der Waals surface area contributed by atoms with E-state index in [9.17, 15) is 9.90 Å². The Labute approximate surface area is 127 Å². The molecule has 1 fully saturated rings. The monoisotopic (exact) mass is 287 g/mol. The van der Waals surface area contributed by atoms with Crippen LogP contribution in [0.1, 0.15) is 49.3 Å². The maximum atomic E-state index is 11.4. The molecule has 0 bridgehead atoms. The van der Waals surface area contributed by atoms with Gasteiger partial charge in [-0.2, -0.15) is 0 Å². The molecule has 21 heavy (non-hydrogen) atoms. The van der Waals surface area contributed by atoms with E-state index in [2.05, 4.69) is 30.0 Å². The van der Waals surface area contributed by atoms with E-state index in [4.69, 9.17) is 0 Å². The second-order valence-electron chi connectivity index (χ2n) is 6.42. The third-order valence-electron chi connectivity index (χ3n) is 5.22. The summed E-state index contributed by atoms with van der Waals surface area (Å²) in [7, 11) is 0. The molecule has 114 valence electrons. The number of fused-ring (bicyclic) bond motifs is 1. The largest absolute Gasteiger partial charge is 0.480 e. The zero-order valence-corrected chi connectivity index (χ0v) is 12.8. The molecular formula is C18H25NO2. The van der Waals surface area contributed by atoms with Crippen LogP contribution in [0.4, 0.5) is 0 Å². The predicted octanol–water partition coefficient (Wildman–Crippen LogP) is 3.05. The predicted molar refractivity (Wildman–Crippen MR) is 83.6 cm³/mol.